The number of guanidine groups is 1. The first-order chi connectivity index (χ1) is 13.6. The number of hydrogen-bond acceptors (Lipinski definition) is 3. The van der Waals surface area contributed by atoms with Crippen molar-refractivity contribution < 1.29 is 9.53 Å². The molecule has 1 atom stereocenters. The molecule has 0 radical (unpaired) electrons. The molecule has 2 aromatic rings. The monoisotopic (exact) mass is 382 g/mol. The fraction of sp³-hybridized carbons (Fsp3) is 0.364. The van der Waals surface area contributed by atoms with Gasteiger partial charge in [-0.25, -0.2) is 0 Å². The van der Waals surface area contributed by atoms with Crippen molar-refractivity contribution in [2.75, 3.05) is 14.2 Å². The van der Waals surface area contributed by atoms with E-state index in [1.165, 1.54) is 0 Å². The molecule has 2 aromatic carbocycles. The Kier molecular flexibility index (Phi) is 8.34. The van der Waals surface area contributed by atoms with Crippen molar-refractivity contribution in [1.82, 2.24) is 16.0 Å². The maximum atomic E-state index is 12.1. The van der Waals surface area contributed by atoms with E-state index in [-0.39, 0.29) is 11.9 Å². The predicted molar refractivity (Wildman–Crippen MR) is 114 cm³/mol. The van der Waals surface area contributed by atoms with Gasteiger partial charge in [-0.05, 0) is 37.1 Å². The summed E-state index contributed by atoms with van der Waals surface area (Å²) in [6.45, 7) is 5.27. The summed E-state index contributed by atoms with van der Waals surface area (Å²) < 4.78 is 5.37. The third-order valence-electron chi connectivity index (χ3n) is 4.53. The van der Waals surface area contributed by atoms with Crippen LogP contribution in [0.4, 0.5) is 0 Å². The molecular formula is C22H30N4O2. The summed E-state index contributed by atoms with van der Waals surface area (Å²) in [4.78, 5) is 16.4. The van der Waals surface area contributed by atoms with Crippen molar-refractivity contribution >= 4 is 11.9 Å². The lowest BCUT2D eigenvalue weighted by Gasteiger charge is -2.14. The molecule has 0 aliphatic heterocycles. The van der Waals surface area contributed by atoms with Gasteiger partial charge in [0.2, 0.25) is 0 Å². The molecule has 2 rings (SSSR count). The van der Waals surface area contributed by atoms with E-state index in [2.05, 4.69) is 27.9 Å². The highest BCUT2D eigenvalue weighted by atomic mass is 16.5. The fourth-order valence-electron chi connectivity index (χ4n) is 2.62. The Balaban J connectivity index is 1.87. The van der Waals surface area contributed by atoms with Crippen LogP contribution in [0.15, 0.2) is 53.5 Å². The number of aliphatic imine (C=N–C) groups is 1. The summed E-state index contributed by atoms with van der Waals surface area (Å²) in [7, 11) is 3.40. The molecule has 0 heterocycles. The Morgan fingerprint density at radius 3 is 2.39 bits per heavy atom. The Labute approximate surface area is 167 Å². The van der Waals surface area contributed by atoms with E-state index in [0.717, 1.165) is 23.3 Å². The summed E-state index contributed by atoms with van der Waals surface area (Å²) in [5.74, 6) is 1.50. The molecule has 6 heteroatoms. The van der Waals surface area contributed by atoms with Crippen molar-refractivity contribution in [1.29, 1.82) is 0 Å². The van der Waals surface area contributed by atoms with Crippen LogP contribution in [-0.4, -0.2) is 32.1 Å². The quantitative estimate of drug-likeness (QED) is 0.484. The second kappa shape index (κ2) is 11.0. The van der Waals surface area contributed by atoms with Crippen molar-refractivity contribution in [2.24, 2.45) is 4.99 Å². The van der Waals surface area contributed by atoms with Crippen LogP contribution in [-0.2, 0) is 13.1 Å². The number of para-hydroxylation sites is 1. The summed E-state index contributed by atoms with van der Waals surface area (Å²) in [5.41, 5.74) is 2.80. The molecule has 0 fully saturated rings. The van der Waals surface area contributed by atoms with Gasteiger partial charge in [0.1, 0.15) is 5.75 Å². The first-order valence-corrected chi connectivity index (χ1v) is 9.53. The van der Waals surface area contributed by atoms with Crippen LogP contribution in [0, 0.1) is 0 Å². The zero-order valence-corrected chi connectivity index (χ0v) is 17.1. The highest BCUT2D eigenvalue weighted by molar-refractivity contribution is 5.94. The maximum Gasteiger partial charge on any atom is 0.251 e. The van der Waals surface area contributed by atoms with E-state index in [4.69, 9.17) is 4.74 Å². The molecule has 28 heavy (non-hydrogen) atoms. The topological polar surface area (TPSA) is 74.8 Å². The van der Waals surface area contributed by atoms with E-state index in [1.54, 1.807) is 14.2 Å². The van der Waals surface area contributed by atoms with Gasteiger partial charge in [0.25, 0.3) is 5.91 Å². The number of carbonyl (C=O) groups is 1. The van der Waals surface area contributed by atoms with Gasteiger partial charge in [0.05, 0.1) is 7.11 Å². The lowest BCUT2D eigenvalue weighted by atomic mass is 10.1. The Morgan fingerprint density at radius 1 is 1.07 bits per heavy atom. The van der Waals surface area contributed by atoms with Gasteiger partial charge in [-0.2, -0.15) is 0 Å². The molecule has 6 nitrogen and oxygen atoms in total. The van der Waals surface area contributed by atoms with Gasteiger partial charge < -0.3 is 20.7 Å². The summed E-state index contributed by atoms with van der Waals surface area (Å²) in [5, 5.41) is 9.54. The van der Waals surface area contributed by atoms with Gasteiger partial charge in [-0.1, -0.05) is 37.3 Å². The molecule has 150 valence electrons. The Morgan fingerprint density at radius 2 is 1.75 bits per heavy atom. The van der Waals surface area contributed by atoms with Gasteiger partial charge in [-0.3, -0.25) is 9.79 Å². The molecule has 3 N–H and O–H groups in total. The van der Waals surface area contributed by atoms with E-state index < -0.39 is 0 Å². The Hall–Kier alpha value is -3.02. The number of rotatable bonds is 8. The summed E-state index contributed by atoms with van der Waals surface area (Å²) >= 11 is 0. The van der Waals surface area contributed by atoms with Crippen LogP contribution in [0.1, 0.15) is 41.8 Å². The van der Waals surface area contributed by atoms with Crippen LogP contribution in [0.5, 0.6) is 5.75 Å². The van der Waals surface area contributed by atoms with Gasteiger partial charge in [-0.15, -0.1) is 0 Å². The average molecular weight is 383 g/mol. The van der Waals surface area contributed by atoms with Crippen LogP contribution < -0.4 is 20.7 Å². The van der Waals surface area contributed by atoms with E-state index in [1.807, 2.05) is 55.5 Å². The molecule has 0 saturated heterocycles. The second-order valence-electron chi connectivity index (χ2n) is 6.57. The van der Waals surface area contributed by atoms with Crippen molar-refractivity contribution in [2.45, 2.75) is 39.4 Å². The standard InChI is InChI=1S/C22H30N4O2/c1-5-16(2)26-21(27)18-12-10-17(11-13-18)14-24-22(23-3)25-15-19-8-6-7-9-20(19)28-4/h6-13,16H,5,14-15H2,1-4H3,(H,26,27)(H2,23,24,25). The van der Waals surface area contributed by atoms with Gasteiger partial charge in [0, 0.05) is 37.3 Å². The van der Waals surface area contributed by atoms with Crippen LogP contribution in [0.2, 0.25) is 0 Å². The normalized spacial score (nSPS) is 12.2. The minimum Gasteiger partial charge on any atom is -0.496 e. The van der Waals surface area contributed by atoms with Gasteiger partial charge in [0.15, 0.2) is 5.96 Å². The lowest BCUT2D eigenvalue weighted by Crippen LogP contribution is -2.36. The summed E-state index contributed by atoms with van der Waals surface area (Å²) in [6, 6.07) is 15.6. The molecular weight excluding hydrogens is 352 g/mol. The number of benzene rings is 2. The second-order valence-corrected chi connectivity index (χ2v) is 6.57. The summed E-state index contributed by atoms with van der Waals surface area (Å²) in [6.07, 6.45) is 0.911. The zero-order valence-electron chi connectivity index (χ0n) is 17.1. The van der Waals surface area contributed by atoms with Crippen molar-refractivity contribution in [3.8, 4) is 5.75 Å². The van der Waals surface area contributed by atoms with Crippen LogP contribution in [0.3, 0.4) is 0 Å². The maximum absolute atomic E-state index is 12.1. The van der Waals surface area contributed by atoms with Gasteiger partial charge >= 0.3 is 0 Å². The molecule has 0 aliphatic rings. The van der Waals surface area contributed by atoms with E-state index >= 15 is 0 Å². The minimum atomic E-state index is -0.0388. The van der Waals surface area contributed by atoms with E-state index in [9.17, 15) is 4.79 Å². The zero-order chi connectivity index (χ0) is 20.4. The number of carbonyl (C=O) groups excluding carboxylic acids is 1. The Bertz CT molecular complexity index is 787. The average Bonchev–Trinajstić information content (AvgIpc) is 2.74. The van der Waals surface area contributed by atoms with Crippen LogP contribution in [0.25, 0.3) is 0 Å². The van der Waals surface area contributed by atoms with Crippen molar-refractivity contribution in [3.05, 3.63) is 65.2 Å². The predicted octanol–water partition coefficient (Wildman–Crippen LogP) is 3.09. The first-order valence-electron chi connectivity index (χ1n) is 9.53. The number of amides is 1. The highest BCUT2D eigenvalue weighted by Gasteiger charge is 2.08. The number of methoxy groups -OCH3 is 1. The first kappa shape index (κ1) is 21.3. The smallest absolute Gasteiger partial charge is 0.251 e. The minimum absolute atomic E-state index is 0.0388. The number of ether oxygens (including phenoxy) is 1. The molecule has 0 bridgehead atoms. The number of hydrogen-bond donors (Lipinski definition) is 3. The van der Waals surface area contributed by atoms with Crippen molar-refractivity contribution in [3.63, 3.8) is 0 Å². The molecule has 0 spiro atoms. The third-order valence-corrected chi connectivity index (χ3v) is 4.53. The fourth-order valence-corrected chi connectivity index (χ4v) is 2.62. The molecule has 1 unspecified atom stereocenters. The molecule has 0 aliphatic carbocycles. The lowest BCUT2D eigenvalue weighted by molar-refractivity contribution is 0.0939. The molecule has 1 amide bonds. The number of nitrogens with one attached hydrogen (secondary N) is 3. The SMILES string of the molecule is CCC(C)NC(=O)c1ccc(CNC(=NC)NCc2ccccc2OC)cc1. The van der Waals surface area contributed by atoms with Crippen LogP contribution >= 0.6 is 0 Å². The van der Waals surface area contributed by atoms with E-state index in [0.29, 0.717) is 24.6 Å². The third kappa shape index (κ3) is 6.30. The number of nitrogens with zero attached hydrogens (tertiary/aromatic N) is 1. The molecule has 0 aromatic heterocycles. The largest absolute Gasteiger partial charge is 0.496 e. The molecule has 0 saturated carbocycles. The highest BCUT2D eigenvalue weighted by Crippen LogP contribution is 2.16.